The van der Waals surface area contributed by atoms with Crippen molar-refractivity contribution in [2.45, 2.75) is 19.6 Å². The summed E-state index contributed by atoms with van der Waals surface area (Å²) in [6.07, 6.45) is 0. The summed E-state index contributed by atoms with van der Waals surface area (Å²) in [5, 5.41) is 0. The molecule has 0 amide bonds. The van der Waals surface area contributed by atoms with Gasteiger partial charge in [0, 0.05) is 0 Å². The summed E-state index contributed by atoms with van der Waals surface area (Å²) in [5.41, 5.74) is 0. The average molecular weight is 194 g/mol. The predicted molar refractivity (Wildman–Crippen MR) is 37.6 cm³/mol. The number of rotatable bonds is 0. The Hall–Kier alpha value is 1.33. The minimum absolute atomic E-state index is 0. The second-order valence-electron chi connectivity index (χ2n) is 2.01. The standard InChI is InChI=1S/C3H9Si.Na.H3O4P/c1-4(2)3;;1-5(2,3)4/h1-3H3;;(H3,1,2,3,4)/q-1;+1;. The normalized spacial score (nSPS) is 9.50. The minimum atomic E-state index is -4.64. The van der Waals surface area contributed by atoms with Crippen LogP contribution in [0.5, 0.6) is 0 Å². The molecule has 0 aliphatic rings. The van der Waals surface area contributed by atoms with Gasteiger partial charge in [-0.1, -0.05) is 0 Å². The van der Waals surface area contributed by atoms with Gasteiger partial charge in [0.25, 0.3) is 0 Å². The van der Waals surface area contributed by atoms with Crippen LogP contribution in [0, 0.1) is 0 Å². The summed E-state index contributed by atoms with van der Waals surface area (Å²) >= 11 is 0. The predicted octanol–water partition coefficient (Wildman–Crippen LogP) is -2.55. The molecular formula is C3H12NaO4PSi. The first-order chi connectivity index (χ1) is 3.73. The average Bonchev–Trinajstić information content (AvgIpc) is 1.19. The number of hydrogen-bond donors (Lipinski definition) is 3. The second kappa shape index (κ2) is 8.42. The zero-order valence-electron chi connectivity index (χ0n) is 6.70. The molecule has 7 heteroatoms. The first-order valence-electron chi connectivity index (χ1n) is 2.28. The molecule has 0 rings (SSSR count). The van der Waals surface area contributed by atoms with E-state index in [4.69, 9.17) is 19.2 Å². The van der Waals surface area contributed by atoms with Gasteiger partial charge in [-0.2, -0.15) is 19.6 Å². The first-order valence-corrected chi connectivity index (χ1v) is 6.85. The van der Waals surface area contributed by atoms with E-state index in [-0.39, 0.29) is 38.4 Å². The van der Waals surface area contributed by atoms with Crippen molar-refractivity contribution in [3.8, 4) is 0 Å². The van der Waals surface area contributed by atoms with Crippen LogP contribution in [-0.4, -0.2) is 23.5 Å². The smallest absolute Gasteiger partial charge is 0.303 e. The Bertz CT molecular complexity index is 91.7. The van der Waals surface area contributed by atoms with Crippen LogP contribution in [0.4, 0.5) is 0 Å². The summed E-state index contributed by atoms with van der Waals surface area (Å²) in [6.45, 7) is 6.81. The number of phosphoric acid groups is 1. The van der Waals surface area contributed by atoms with Gasteiger partial charge in [0.15, 0.2) is 0 Å². The van der Waals surface area contributed by atoms with Crippen LogP contribution in [-0.2, 0) is 4.57 Å². The molecule has 0 aromatic rings. The largest absolute Gasteiger partial charge is 1.00 e. The van der Waals surface area contributed by atoms with E-state index in [1.165, 1.54) is 0 Å². The van der Waals surface area contributed by atoms with Crippen molar-refractivity contribution < 1.29 is 48.8 Å². The molecule has 0 unspecified atom stereocenters. The molecule has 0 radical (unpaired) electrons. The molecule has 0 bridgehead atoms. The van der Waals surface area contributed by atoms with Crippen molar-refractivity contribution in [1.82, 2.24) is 0 Å². The van der Waals surface area contributed by atoms with Gasteiger partial charge in [0.2, 0.25) is 0 Å². The van der Waals surface area contributed by atoms with E-state index in [2.05, 4.69) is 19.6 Å². The molecule has 0 atom stereocenters. The molecule has 0 saturated carbocycles. The van der Waals surface area contributed by atoms with Crippen molar-refractivity contribution in [1.29, 1.82) is 0 Å². The van der Waals surface area contributed by atoms with Gasteiger partial charge < -0.3 is 14.7 Å². The Balaban J connectivity index is -0.0000000910. The van der Waals surface area contributed by atoms with Crippen molar-refractivity contribution in [2.24, 2.45) is 0 Å². The Morgan fingerprint density at radius 3 is 1.10 bits per heavy atom. The monoisotopic (exact) mass is 194 g/mol. The van der Waals surface area contributed by atoms with Gasteiger partial charge in [0.05, 0.1) is 0 Å². The van der Waals surface area contributed by atoms with Crippen molar-refractivity contribution >= 4 is 16.6 Å². The summed E-state index contributed by atoms with van der Waals surface area (Å²) in [6, 6.07) is 0. The van der Waals surface area contributed by atoms with Crippen molar-refractivity contribution in [3.63, 3.8) is 0 Å². The van der Waals surface area contributed by atoms with Crippen LogP contribution in [0.25, 0.3) is 0 Å². The molecule has 3 N–H and O–H groups in total. The van der Waals surface area contributed by atoms with Crippen LogP contribution in [0.15, 0.2) is 0 Å². The molecule has 0 aliphatic carbocycles. The zero-order valence-corrected chi connectivity index (χ0v) is 10.6. The van der Waals surface area contributed by atoms with Gasteiger partial charge in [-0.15, -0.1) is 0 Å². The Kier molecular flexibility index (Phi) is 14.7. The molecular weight excluding hydrogens is 182 g/mol. The van der Waals surface area contributed by atoms with E-state index >= 15 is 0 Å². The minimum Gasteiger partial charge on any atom is -0.303 e. The topological polar surface area (TPSA) is 77.8 Å². The van der Waals surface area contributed by atoms with E-state index < -0.39 is 7.82 Å². The van der Waals surface area contributed by atoms with E-state index in [0.717, 1.165) is 0 Å². The van der Waals surface area contributed by atoms with E-state index in [9.17, 15) is 0 Å². The molecule has 0 spiro atoms. The molecule has 0 aromatic heterocycles. The van der Waals surface area contributed by atoms with Gasteiger partial charge in [0.1, 0.15) is 0 Å². The van der Waals surface area contributed by atoms with Gasteiger partial charge in [-0.25, -0.2) is 4.57 Å². The molecule has 58 valence electrons. The maximum Gasteiger partial charge on any atom is 1.00 e. The van der Waals surface area contributed by atoms with E-state index in [0.29, 0.717) is 0 Å². The fourth-order valence-electron chi connectivity index (χ4n) is 0. The Morgan fingerprint density at radius 2 is 1.10 bits per heavy atom. The Morgan fingerprint density at radius 1 is 1.10 bits per heavy atom. The fraction of sp³-hybridized carbons (Fsp3) is 1.00. The Labute approximate surface area is 84.8 Å². The van der Waals surface area contributed by atoms with Crippen LogP contribution >= 0.6 is 7.82 Å². The molecule has 0 heterocycles. The zero-order chi connectivity index (χ0) is 8.08. The van der Waals surface area contributed by atoms with Gasteiger partial charge in [-0.3, -0.25) is 8.80 Å². The fourth-order valence-corrected chi connectivity index (χ4v) is 0. The molecule has 0 saturated heterocycles. The third kappa shape index (κ3) is 367. The van der Waals surface area contributed by atoms with Crippen LogP contribution in [0.2, 0.25) is 19.6 Å². The summed E-state index contributed by atoms with van der Waals surface area (Å²) in [5.74, 6) is 0. The third-order valence-corrected chi connectivity index (χ3v) is 0. The summed E-state index contributed by atoms with van der Waals surface area (Å²) < 4.78 is 8.88. The molecule has 4 nitrogen and oxygen atoms in total. The van der Waals surface area contributed by atoms with Crippen LogP contribution in [0.1, 0.15) is 0 Å². The molecule has 0 fully saturated rings. The van der Waals surface area contributed by atoms with Gasteiger partial charge >= 0.3 is 37.4 Å². The molecule has 0 aliphatic heterocycles. The van der Waals surface area contributed by atoms with E-state index in [1.807, 2.05) is 0 Å². The maximum atomic E-state index is 8.88. The third-order valence-electron chi connectivity index (χ3n) is 0. The van der Waals surface area contributed by atoms with Crippen LogP contribution in [0.3, 0.4) is 0 Å². The second-order valence-corrected chi connectivity index (χ2v) is 6.04. The summed E-state index contributed by atoms with van der Waals surface area (Å²) in [4.78, 5) is 21.6. The van der Waals surface area contributed by atoms with Gasteiger partial charge in [-0.05, 0) is 0 Å². The maximum absolute atomic E-state index is 8.88. The first kappa shape index (κ1) is 17.4. The number of hydrogen-bond acceptors (Lipinski definition) is 1. The van der Waals surface area contributed by atoms with Crippen molar-refractivity contribution in [3.05, 3.63) is 0 Å². The van der Waals surface area contributed by atoms with Crippen LogP contribution < -0.4 is 29.6 Å². The SMILES string of the molecule is C[Si-](C)C.O=P(O)(O)O.[Na+]. The van der Waals surface area contributed by atoms with Crippen molar-refractivity contribution in [2.75, 3.05) is 0 Å². The van der Waals surface area contributed by atoms with E-state index in [1.54, 1.807) is 0 Å². The molecule has 0 aromatic carbocycles. The summed E-state index contributed by atoms with van der Waals surface area (Å²) in [7, 11) is -4.52. The molecule has 10 heavy (non-hydrogen) atoms. The quantitative estimate of drug-likeness (QED) is 0.293.